The average molecular weight is 387 g/mol. The Balaban J connectivity index is 1.88. The van der Waals surface area contributed by atoms with Crippen LogP contribution in [0.15, 0.2) is 60.8 Å². The topological polar surface area (TPSA) is 62.3 Å². The molecule has 0 unspecified atom stereocenters. The van der Waals surface area contributed by atoms with Gasteiger partial charge in [0, 0.05) is 18.5 Å². The number of hydrogen-bond acceptors (Lipinski definition) is 3. The van der Waals surface area contributed by atoms with Crippen molar-refractivity contribution >= 4 is 34.1 Å². The van der Waals surface area contributed by atoms with E-state index in [1.54, 1.807) is 24.4 Å². The van der Waals surface area contributed by atoms with Gasteiger partial charge in [0.15, 0.2) is 0 Å². The Morgan fingerprint density at radius 3 is 2.46 bits per heavy atom. The smallest absolute Gasteiger partial charge is 0.324 e. The lowest BCUT2D eigenvalue weighted by molar-refractivity contribution is -0.137. The van der Waals surface area contributed by atoms with Crippen molar-refractivity contribution in [3.05, 3.63) is 66.4 Å². The molecule has 0 aliphatic carbocycles. The van der Waals surface area contributed by atoms with E-state index >= 15 is 0 Å². The Hall–Kier alpha value is -3.42. The van der Waals surface area contributed by atoms with Crippen LogP contribution in [0.4, 0.5) is 24.5 Å². The van der Waals surface area contributed by atoms with Gasteiger partial charge in [0.1, 0.15) is 6.54 Å². The number of anilines is 2. The average Bonchev–Trinajstić information content (AvgIpc) is 2.65. The number of fused-ring (bicyclic) bond motifs is 1. The number of carbonyl (C=O) groups is 2. The van der Waals surface area contributed by atoms with Crippen LogP contribution in [0.25, 0.3) is 10.9 Å². The van der Waals surface area contributed by atoms with Crippen LogP contribution in [-0.4, -0.2) is 23.3 Å². The second-order valence-electron chi connectivity index (χ2n) is 6.05. The van der Waals surface area contributed by atoms with Gasteiger partial charge in [0.05, 0.1) is 22.5 Å². The molecule has 144 valence electrons. The van der Waals surface area contributed by atoms with Crippen molar-refractivity contribution < 1.29 is 22.8 Å². The highest BCUT2D eigenvalue weighted by Gasteiger charge is 2.33. The number of hydrogen-bond donors (Lipinski definition) is 1. The SMILES string of the molecule is CC(=O)N(CC(=O)Nc1ccccc1C(F)(F)F)c1cccc2cccnc12. The summed E-state index contributed by atoms with van der Waals surface area (Å²) in [5.74, 6) is -1.18. The predicted octanol–water partition coefficient (Wildman–Crippen LogP) is 4.25. The van der Waals surface area contributed by atoms with Crippen LogP contribution < -0.4 is 10.2 Å². The molecule has 5 nitrogen and oxygen atoms in total. The minimum Gasteiger partial charge on any atom is -0.324 e. The molecule has 28 heavy (non-hydrogen) atoms. The van der Waals surface area contributed by atoms with Gasteiger partial charge in [-0.2, -0.15) is 13.2 Å². The second-order valence-corrected chi connectivity index (χ2v) is 6.05. The van der Waals surface area contributed by atoms with Crippen LogP contribution >= 0.6 is 0 Å². The van der Waals surface area contributed by atoms with E-state index < -0.39 is 30.1 Å². The molecule has 0 saturated heterocycles. The lowest BCUT2D eigenvalue weighted by Gasteiger charge is -2.22. The number of benzene rings is 2. The largest absolute Gasteiger partial charge is 0.418 e. The Labute approximate surface area is 158 Å². The fraction of sp³-hybridized carbons (Fsp3) is 0.150. The quantitative estimate of drug-likeness (QED) is 0.728. The number of para-hydroxylation sites is 2. The highest BCUT2D eigenvalue weighted by Crippen LogP contribution is 2.34. The van der Waals surface area contributed by atoms with Gasteiger partial charge in [0.25, 0.3) is 0 Å². The molecule has 3 aromatic rings. The Morgan fingerprint density at radius 1 is 1.04 bits per heavy atom. The van der Waals surface area contributed by atoms with Crippen molar-refractivity contribution in [2.24, 2.45) is 0 Å². The number of alkyl halides is 3. The lowest BCUT2D eigenvalue weighted by atomic mass is 10.1. The molecule has 2 amide bonds. The first kappa shape index (κ1) is 19.3. The molecular weight excluding hydrogens is 371 g/mol. The molecule has 8 heteroatoms. The van der Waals surface area contributed by atoms with Crippen molar-refractivity contribution in [1.82, 2.24) is 4.98 Å². The van der Waals surface area contributed by atoms with Crippen LogP contribution in [0.3, 0.4) is 0 Å². The van der Waals surface area contributed by atoms with Crippen molar-refractivity contribution in [3.8, 4) is 0 Å². The van der Waals surface area contributed by atoms with Crippen LogP contribution in [0.5, 0.6) is 0 Å². The maximum Gasteiger partial charge on any atom is 0.418 e. The molecular formula is C20H16F3N3O2. The van der Waals surface area contributed by atoms with E-state index in [0.717, 1.165) is 17.5 Å². The van der Waals surface area contributed by atoms with E-state index in [2.05, 4.69) is 10.3 Å². The van der Waals surface area contributed by atoms with Crippen molar-refractivity contribution in [2.45, 2.75) is 13.1 Å². The summed E-state index contributed by atoms with van der Waals surface area (Å²) in [7, 11) is 0. The summed E-state index contributed by atoms with van der Waals surface area (Å²) in [6, 6.07) is 13.4. The van der Waals surface area contributed by atoms with Crippen LogP contribution in [0.2, 0.25) is 0 Å². The molecule has 0 radical (unpaired) electrons. The molecule has 0 fully saturated rings. The zero-order valence-corrected chi connectivity index (χ0v) is 14.8. The standard InChI is InChI=1S/C20H16F3N3O2/c1-13(27)26(17-10-4-6-14-7-5-11-24-19(14)17)12-18(28)25-16-9-3-2-8-15(16)20(21,22)23/h2-11H,12H2,1H3,(H,25,28). The summed E-state index contributed by atoms with van der Waals surface area (Å²) in [4.78, 5) is 30.0. The van der Waals surface area contributed by atoms with Gasteiger partial charge in [-0.15, -0.1) is 0 Å². The maximum atomic E-state index is 13.1. The van der Waals surface area contributed by atoms with Crippen molar-refractivity contribution in [1.29, 1.82) is 0 Å². The number of amides is 2. The minimum atomic E-state index is -4.61. The molecule has 0 aliphatic rings. The molecule has 1 heterocycles. The Kier molecular flexibility index (Phi) is 5.30. The van der Waals surface area contributed by atoms with Gasteiger partial charge in [-0.1, -0.05) is 30.3 Å². The number of nitrogens with zero attached hydrogens (tertiary/aromatic N) is 2. The fourth-order valence-corrected chi connectivity index (χ4v) is 2.84. The zero-order valence-electron chi connectivity index (χ0n) is 14.8. The van der Waals surface area contributed by atoms with E-state index in [9.17, 15) is 22.8 Å². The van der Waals surface area contributed by atoms with Gasteiger partial charge in [-0.25, -0.2) is 0 Å². The molecule has 3 rings (SSSR count). The van der Waals surface area contributed by atoms with E-state index in [-0.39, 0.29) is 5.69 Å². The molecule has 0 spiro atoms. The predicted molar refractivity (Wildman–Crippen MR) is 99.8 cm³/mol. The summed E-state index contributed by atoms with van der Waals surface area (Å²) >= 11 is 0. The highest BCUT2D eigenvalue weighted by atomic mass is 19.4. The maximum absolute atomic E-state index is 13.1. The molecule has 0 bridgehead atoms. The molecule has 0 aliphatic heterocycles. The highest BCUT2D eigenvalue weighted by molar-refractivity contribution is 6.06. The third-order valence-electron chi connectivity index (χ3n) is 4.09. The first-order valence-electron chi connectivity index (χ1n) is 8.35. The number of nitrogens with one attached hydrogen (secondary N) is 1. The second kappa shape index (κ2) is 7.67. The zero-order chi connectivity index (χ0) is 20.3. The number of aromatic nitrogens is 1. The number of carbonyl (C=O) groups excluding carboxylic acids is 2. The first-order valence-corrected chi connectivity index (χ1v) is 8.35. The van der Waals surface area contributed by atoms with Gasteiger partial charge in [0.2, 0.25) is 11.8 Å². The number of pyridine rings is 1. The Morgan fingerprint density at radius 2 is 1.75 bits per heavy atom. The molecule has 2 aromatic carbocycles. The minimum absolute atomic E-state index is 0.362. The van der Waals surface area contributed by atoms with Gasteiger partial charge in [-0.3, -0.25) is 14.6 Å². The Bertz CT molecular complexity index is 1030. The summed E-state index contributed by atoms with van der Waals surface area (Å²) < 4.78 is 39.3. The molecule has 1 aromatic heterocycles. The van der Waals surface area contributed by atoms with Crippen LogP contribution in [0.1, 0.15) is 12.5 Å². The van der Waals surface area contributed by atoms with Gasteiger partial charge in [-0.05, 0) is 24.3 Å². The number of rotatable bonds is 4. The summed E-state index contributed by atoms with van der Waals surface area (Å²) in [6.07, 6.45) is -3.05. The van der Waals surface area contributed by atoms with Crippen LogP contribution in [0, 0.1) is 0 Å². The normalized spacial score (nSPS) is 11.3. The van der Waals surface area contributed by atoms with Crippen molar-refractivity contribution in [3.63, 3.8) is 0 Å². The summed E-state index contributed by atoms with van der Waals surface area (Å²) in [5, 5.41) is 3.02. The van der Waals surface area contributed by atoms with Crippen molar-refractivity contribution in [2.75, 3.05) is 16.8 Å². The monoisotopic (exact) mass is 387 g/mol. The molecule has 0 atom stereocenters. The summed E-state index contributed by atoms with van der Waals surface area (Å²) in [5.41, 5.74) is -0.391. The third-order valence-corrected chi connectivity index (χ3v) is 4.09. The van der Waals surface area contributed by atoms with Gasteiger partial charge >= 0.3 is 6.18 Å². The molecule has 0 saturated carbocycles. The number of halogens is 3. The lowest BCUT2D eigenvalue weighted by Crippen LogP contribution is -2.37. The third kappa shape index (κ3) is 4.11. The van der Waals surface area contributed by atoms with E-state index in [0.29, 0.717) is 11.2 Å². The van der Waals surface area contributed by atoms with E-state index in [4.69, 9.17) is 0 Å². The van der Waals surface area contributed by atoms with E-state index in [1.807, 2.05) is 12.1 Å². The van der Waals surface area contributed by atoms with E-state index in [1.165, 1.54) is 24.0 Å². The summed E-state index contributed by atoms with van der Waals surface area (Å²) in [6.45, 7) is 0.829. The molecule has 1 N–H and O–H groups in total. The van der Waals surface area contributed by atoms with Crippen LogP contribution in [-0.2, 0) is 15.8 Å². The van der Waals surface area contributed by atoms with Gasteiger partial charge < -0.3 is 10.2 Å². The fourth-order valence-electron chi connectivity index (χ4n) is 2.84. The first-order chi connectivity index (χ1) is 13.3.